The standard InChI is InChI=1S/C24H30N2O2/c27-17-23(19-9-5-2-6-10-19)24(28)25-13-22-20-11-12-21(22)16-26(15-20)14-18-7-3-1-4-8-18/h1-10,20-23,27H,11-17H2,(H,25,28)/t20?,21?,22?,23-/m0/s1. The van der Waals surface area contributed by atoms with Crippen LogP contribution in [0.1, 0.15) is 29.9 Å². The van der Waals surface area contributed by atoms with Crippen LogP contribution in [0.4, 0.5) is 0 Å². The third-order valence-corrected chi connectivity index (χ3v) is 6.57. The summed E-state index contributed by atoms with van der Waals surface area (Å²) in [7, 11) is 0. The SMILES string of the molecule is O=C(NCC1C2CCC1CN(Cc1ccccc1)C2)[C@@H](CO)c1ccccc1. The topological polar surface area (TPSA) is 52.6 Å². The molecule has 148 valence electrons. The van der Waals surface area contributed by atoms with Crippen molar-refractivity contribution in [3.8, 4) is 0 Å². The average molecular weight is 379 g/mol. The van der Waals surface area contributed by atoms with Crippen LogP contribution in [0, 0.1) is 17.8 Å². The molecule has 1 heterocycles. The van der Waals surface area contributed by atoms with Gasteiger partial charge in [0.25, 0.3) is 0 Å². The lowest BCUT2D eigenvalue weighted by atomic mass is 9.84. The van der Waals surface area contributed by atoms with Crippen LogP contribution in [-0.4, -0.2) is 42.2 Å². The largest absolute Gasteiger partial charge is 0.395 e. The van der Waals surface area contributed by atoms with Crippen LogP contribution in [0.25, 0.3) is 0 Å². The van der Waals surface area contributed by atoms with E-state index in [-0.39, 0.29) is 12.5 Å². The number of rotatable bonds is 7. The molecule has 1 saturated carbocycles. The van der Waals surface area contributed by atoms with Crippen LogP contribution >= 0.6 is 0 Å². The fourth-order valence-electron chi connectivity index (χ4n) is 5.10. The van der Waals surface area contributed by atoms with E-state index in [1.807, 2.05) is 30.3 Å². The molecule has 0 aromatic heterocycles. The molecule has 1 aliphatic heterocycles. The van der Waals surface area contributed by atoms with Gasteiger partial charge >= 0.3 is 0 Å². The average Bonchev–Trinajstić information content (AvgIpc) is 2.97. The Hall–Kier alpha value is -2.17. The Balaban J connectivity index is 1.32. The van der Waals surface area contributed by atoms with E-state index >= 15 is 0 Å². The second kappa shape index (κ2) is 8.89. The molecule has 3 atom stereocenters. The van der Waals surface area contributed by atoms with Crippen LogP contribution in [-0.2, 0) is 11.3 Å². The van der Waals surface area contributed by atoms with Gasteiger partial charge in [0.2, 0.25) is 5.91 Å². The van der Waals surface area contributed by atoms with Gasteiger partial charge in [-0.25, -0.2) is 0 Å². The smallest absolute Gasteiger partial charge is 0.229 e. The maximum Gasteiger partial charge on any atom is 0.229 e. The van der Waals surface area contributed by atoms with Crippen molar-refractivity contribution in [1.82, 2.24) is 10.2 Å². The van der Waals surface area contributed by atoms with Crippen molar-refractivity contribution in [2.45, 2.75) is 25.3 Å². The maximum atomic E-state index is 12.7. The number of carbonyl (C=O) groups excluding carboxylic acids is 1. The fourth-order valence-corrected chi connectivity index (χ4v) is 5.10. The number of nitrogens with one attached hydrogen (secondary N) is 1. The van der Waals surface area contributed by atoms with E-state index in [1.54, 1.807) is 0 Å². The molecule has 0 spiro atoms. The van der Waals surface area contributed by atoms with Crippen LogP contribution in [0.2, 0.25) is 0 Å². The summed E-state index contributed by atoms with van der Waals surface area (Å²) < 4.78 is 0. The number of hydrogen-bond acceptors (Lipinski definition) is 3. The molecule has 1 saturated heterocycles. The second-order valence-corrected chi connectivity index (χ2v) is 8.33. The number of benzene rings is 2. The zero-order valence-corrected chi connectivity index (χ0v) is 16.3. The molecule has 4 rings (SSSR count). The lowest BCUT2D eigenvalue weighted by Crippen LogP contribution is -2.46. The number of carbonyl (C=O) groups is 1. The summed E-state index contributed by atoms with van der Waals surface area (Å²) in [5, 5.41) is 12.9. The monoisotopic (exact) mass is 378 g/mol. The van der Waals surface area contributed by atoms with Crippen molar-refractivity contribution in [1.29, 1.82) is 0 Å². The lowest BCUT2D eigenvalue weighted by molar-refractivity contribution is -0.123. The van der Waals surface area contributed by atoms with E-state index < -0.39 is 5.92 Å². The molecule has 4 heteroatoms. The molecule has 1 amide bonds. The Morgan fingerprint density at radius 1 is 1.00 bits per heavy atom. The number of aliphatic hydroxyl groups is 1. The van der Waals surface area contributed by atoms with Crippen LogP contribution in [0.5, 0.6) is 0 Å². The third kappa shape index (κ3) is 4.29. The Morgan fingerprint density at radius 3 is 2.21 bits per heavy atom. The molecule has 2 fully saturated rings. The van der Waals surface area contributed by atoms with Gasteiger partial charge in [-0.3, -0.25) is 9.69 Å². The number of nitrogens with zero attached hydrogens (tertiary/aromatic N) is 1. The van der Waals surface area contributed by atoms with E-state index in [0.29, 0.717) is 17.8 Å². The van der Waals surface area contributed by atoms with Crippen LogP contribution < -0.4 is 5.32 Å². The van der Waals surface area contributed by atoms with Crippen molar-refractivity contribution in [2.75, 3.05) is 26.2 Å². The molecule has 2 aliphatic rings. The van der Waals surface area contributed by atoms with Crippen molar-refractivity contribution < 1.29 is 9.90 Å². The highest BCUT2D eigenvalue weighted by molar-refractivity contribution is 5.83. The Labute approximate surface area is 167 Å². The molecular weight excluding hydrogens is 348 g/mol. The number of aliphatic hydroxyl groups excluding tert-OH is 1. The predicted octanol–water partition coefficient (Wildman–Crippen LogP) is 3.04. The van der Waals surface area contributed by atoms with Gasteiger partial charge in [0, 0.05) is 26.2 Å². The van der Waals surface area contributed by atoms with Crippen molar-refractivity contribution in [2.24, 2.45) is 17.8 Å². The second-order valence-electron chi connectivity index (χ2n) is 8.33. The first-order valence-corrected chi connectivity index (χ1v) is 10.4. The highest BCUT2D eigenvalue weighted by atomic mass is 16.3. The molecule has 0 radical (unpaired) electrons. The van der Waals surface area contributed by atoms with Gasteiger partial charge in [-0.05, 0) is 41.7 Å². The molecule has 2 aromatic rings. The summed E-state index contributed by atoms with van der Waals surface area (Å²) in [6, 6.07) is 20.3. The summed E-state index contributed by atoms with van der Waals surface area (Å²) in [5.74, 6) is 1.35. The Kier molecular flexibility index (Phi) is 6.08. The highest BCUT2D eigenvalue weighted by Crippen LogP contribution is 2.42. The number of piperidine rings is 1. The van der Waals surface area contributed by atoms with Gasteiger partial charge in [-0.2, -0.15) is 0 Å². The van der Waals surface area contributed by atoms with Crippen LogP contribution in [0.3, 0.4) is 0 Å². The van der Waals surface area contributed by atoms with Gasteiger partial charge in [0.15, 0.2) is 0 Å². The third-order valence-electron chi connectivity index (χ3n) is 6.57. The fraction of sp³-hybridized carbons (Fsp3) is 0.458. The molecule has 2 unspecified atom stereocenters. The lowest BCUT2D eigenvalue weighted by Gasteiger charge is -2.38. The van der Waals surface area contributed by atoms with Crippen molar-refractivity contribution in [3.05, 3.63) is 71.8 Å². The Morgan fingerprint density at radius 2 is 1.61 bits per heavy atom. The predicted molar refractivity (Wildman–Crippen MR) is 111 cm³/mol. The quantitative estimate of drug-likeness (QED) is 0.779. The number of likely N-dealkylation sites (tertiary alicyclic amines) is 1. The van der Waals surface area contributed by atoms with Gasteiger partial charge < -0.3 is 10.4 Å². The molecule has 1 aliphatic carbocycles. The first kappa shape index (κ1) is 19.2. The Bertz CT molecular complexity index is 751. The number of hydrogen-bond donors (Lipinski definition) is 2. The zero-order chi connectivity index (χ0) is 19.3. The first-order chi connectivity index (χ1) is 13.7. The minimum absolute atomic E-state index is 0.0557. The molecule has 28 heavy (non-hydrogen) atoms. The van der Waals surface area contributed by atoms with E-state index in [2.05, 4.69) is 40.5 Å². The normalized spacial score (nSPS) is 25.4. The summed E-state index contributed by atoms with van der Waals surface area (Å²) >= 11 is 0. The summed E-state index contributed by atoms with van der Waals surface area (Å²) in [5.41, 5.74) is 2.26. The molecular formula is C24H30N2O2. The van der Waals surface area contributed by atoms with Crippen molar-refractivity contribution in [3.63, 3.8) is 0 Å². The van der Waals surface area contributed by atoms with Crippen LogP contribution in [0.15, 0.2) is 60.7 Å². The van der Waals surface area contributed by atoms with E-state index in [9.17, 15) is 9.90 Å². The maximum absolute atomic E-state index is 12.7. The van der Waals surface area contributed by atoms with Gasteiger partial charge in [-0.1, -0.05) is 60.7 Å². The van der Waals surface area contributed by atoms with E-state index in [1.165, 1.54) is 18.4 Å². The molecule has 2 aromatic carbocycles. The number of amides is 1. The summed E-state index contributed by atoms with van der Waals surface area (Å²) in [6.07, 6.45) is 2.53. The molecule has 2 N–H and O–H groups in total. The summed E-state index contributed by atoms with van der Waals surface area (Å²) in [6.45, 7) is 3.84. The number of fused-ring (bicyclic) bond motifs is 2. The van der Waals surface area contributed by atoms with Gasteiger partial charge in [-0.15, -0.1) is 0 Å². The van der Waals surface area contributed by atoms with E-state index in [4.69, 9.17) is 0 Å². The molecule has 2 bridgehead atoms. The first-order valence-electron chi connectivity index (χ1n) is 10.4. The van der Waals surface area contributed by atoms with Gasteiger partial charge in [0.05, 0.1) is 12.5 Å². The van der Waals surface area contributed by atoms with Gasteiger partial charge in [0.1, 0.15) is 0 Å². The summed E-state index contributed by atoms with van der Waals surface area (Å²) in [4.78, 5) is 15.3. The minimum atomic E-state index is -0.475. The molecule has 4 nitrogen and oxygen atoms in total. The highest BCUT2D eigenvalue weighted by Gasteiger charge is 2.41. The minimum Gasteiger partial charge on any atom is -0.395 e. The van der Waals surface area contributed by atoms with Crippen molar-refractivity contribution >= 4 is 5.91 Å². The van der Waals surface area contributed by atoms with E-state index in [0.717, 1.165) is 31.7 Å². The zero-order valence-electron chi connectivity index (χ0n) is 16.3.